The van der Waals surface area contributed by atoms with E-state index in [1.165, 1.54) is 7.11 Å². The number of amides is 2. The number of aromatic nitrogens is 1. The minimum Gasteiger partial charge on any atom is -0.496 e. The van der Waals surface area contributed by atoms with Crippen LogP contribution in [-0.4, -0.2) is 23.5 Å². The fourth-order valence-corrected chi connectivity index (χ4v) is 2.87. The lowest BCUT2D eigenvalue weighted by molar-refractivity contribution is 0.0842. The van der Waals surface area contributed by atoms with Gasteiger partial charge in [0.2, 0.25) is 0 Å². The van der Waals surface area contributed by atoms with Crippen molar-refractivity contribution in [2.24, 2.45) is 7.05 Å². The van der Waals surface area contributed by atoms with E-state index in [1.807, 2.05) is 0 Å². The fourth-order valence-electron chi connectivity index (χ4n) is 1.81. The molecule has 0 atom stereocenters. The number of carbonyl (C=O) groups excluding carboxylic acids is 2. The first-order valence-electron chi connectivity index (χ1n) is 6.18. The Kier molecular flexibility index (Phi) is 5.25. The third-order valence-corrected chi connectivity index (χ3v) is 3.96. The molecule has 2 N–H and O–H groups in total. The molecule has 0 aliphatic rings. The summed E-state index contributed by atoms with van der Waals surface area (Å²) >= 11 is 6.59. The van der Waals surface area contributed by atoms with Gasteiger partial charge in [-0.2, -0.15) is 0 Å². The van der Waals surface area contributed by atoms with Crippen molar-refractivity contribution < 1.29 is 14.3 Å². The van der Waals surface area contributed by atoms with Gasteiger partial charge in [0.1, 0.15) is 11.4 Å². The average Bonchev–Trinajstić information content (AvgIpc) is 2.83. The molecule has 1 heterocycles. The van der Waals surface area contributed by atoms with Crippen LogP contribution in [-0.2, 0) is 7.05 Å². The van der Waals surface area contributed by atoms with Crippen molar-refractivity contribution in [3.8, 4) is 5.75 Å². The van der Waals surface area contributed by atoms with Gasteiger partial charge in [0, 0.05) is 23.3 Å². The van der Waals surface area contributed by atoms with Crippen molar-refractivity contribution >= 4 is 43.7 Å². The van der Waals surface area contributed by atoms with Crippen LogP contribution in [0.5, 0.6) is 5.75 Å². The molecule has 0 bridgehead atoms. The third kappa shape index (κ3) is 3.69. The molecule has 0 saturated heterocycles. The predicted octanol–water partition coefficient (Wildman–Crippen LogP) is 2.63. The van der Waals surface area contributed by atoms with Crippen LogP contribution in [0.1, 0.15) is 20.8 Å². The van der Waals surface area contributed by atoms with E-state index in [4.69, 9.17) is 4.74 Å². The van der Waals surface area contributed by atoms with E-state index in [-0.39, 0.29) is 0 Å². The maximum atomic E-state index is 12.0. The SMILES string of the molecule is COc1ccc(C(=O)NNC(=O)c2cc(Br)cn2C)cc1Br. The molecule has 8 heteroatoms. The van der Waals surface area contributed by atoms with E-state index < -0.39 is 11.8 Å². The van der Waals surface area contributed by atoms with Crippen LogP contribution in [0, 0.1) is 0 Å². The number of benzene rings is 1. The number of carbonyl (C=O) groups is 2. The van der Waals surface area contributed by atoms with Gasteiger partial charge in [-0.25, -0.2) is 0 Å². The van der Waals surface area contributed by atoms with Crippen molar-refractivity contribution in [3.63, 3.8) is 0 Å². The van der Waals surface area contributed by atoms with Crippen LogP contribution in [0.2, 0.25) is 0 Å². The lowest BCUT2D eigenvalue weighted by Crippen LogP contribution is -2.42. The first-order valence-corrected chi connectivity index (χ1v) is 7.77. The Bertz CT molecular complexity index is 728. The van der Waals surface area contributed by atoms with E-state index >= 15 is 0 Å². The molecule has 1 aromatic carbocycles. The van der Waals surface area contributed by atoms with E-state index in [1.54, 1.807) is 42.1 Å². The molecule has 0 radical (unpaired) electrons. The van der Waals surface area contributed by atoms with Crippen molar-refractivity contribution in [3.05, 3.63) is 50.7 Å². The Morgan fingerprint density at radius 1 is 1.14 bits per heavy atom. The molecule has 116 valence electrons. The molecule has 6 nitrogen and oxygen atoms in total. The summed E-state index contributed by atoms with van der Waals surface area (Å²) in [4.78, 5) is 24.0. The zero-order valence-electron chi connectivity index (χ0n) is 11.8. The molecule has 1 aromatic heterocycles. The minimum absolute atomic E-state index is 0.390. The van der Waals surface area contributed by atoms with Crippen molar-refractivity contribution in [2.75, 3.05) is 7.11 Å². The Morgan fingerprint density at radius 2 is 1.82 bits per heavy atom. The Morgan fingerprint density at radius 3 is 2.36 bits per heavy atom. The van der Waals surface area contributed by atoms with E-state index in [0.717, 1.165) is 4.47 Å². The van der Waals surface area contributed by atoms with Crippen LogP contribution in [0.25, 0.3) is 0 Å². The summed E-state index contributed by atoms with van der Waals surface area (Å²) in [7, 11) is 3.28. The molecule has 0 spiro atoms. The average molecular weight is 431 g/mol. The molecule has 2 rings (SSSR count). The number of hydrogen-bond acceptors (Lipinski definition) is 3. The van der Waals surface area contributed by atoms with Crippen LogP contribution in [0.15, 0.2) is 39.4 Å². The van der Waals surface area contributed by atoms with E-state index in [2.05, 4.69) is 42.7 Å². The first kappa shape index (κ1) is 16.6. The van der Waals surface area contributed by atoms with Gasteiger partial charge in [-0.15, -0.1) is 0 Å². The molecule has 0 aliphatic heterocycles. The minimum atomic E-state index is -0.426. The summed E-state index contributed by atoms with van der Waals surface area (Å²) in [5.74, 6) is -0.214. The second kappa shape index (κ2) is 6.97. The molecule has 0 aliphatic carbocycles. The number of rotatable bonds is 3. The highest BCUT2D eigenvalue weighted by Gasteiger charge is 2.13. The Labute approximate surface area is 144 Å². The zero-order chi connectivity index (χ0) is 16.3. The lowest BCUT2D eigenvalue weighted by atomic mass is 10.2. The number of halogens is 2. The molecular formula is C14H13Br2N3O3. The molecule has 0 saturated carbocycles. The quantitative estimate of drug-likeness (QED) is 0.735. The topological polar surface area (TPSA) is 72.4 Å². The molecule has 0 unspecified atom stereocenters. The molecule has 2 aromatic rings. The number of nitrogens with one attached hydrogen (secondary N) is 2. The maximum Gasteiger partial charge on any atom is 0.286 e. The summed E-state index contributed by atoms with van der Waals surface area (Å²) in [5.41, 5.74) is 5.55. The number of aryl methyl sites for hydroxylation is 1. The first-order chi connectivity index (χ1) is 10.4. The number of hydrazine groups is 1. The summed E-state index contributed by atoms with van der Waals surface area (Å²) in [5, 5.41) is 0. The van der Waals surface area contributed by atoms with Crippen LogP contribution in [0.4, 0.5) is 0 Å². The van der Waals surface area contributed by atoms with Gasteiger partial charge in [0.05, 0.1) is 11.6 Å². The number of hydrogen-bond donors (Lipinski definition) is 2. The van der Waals surface area contributed by atoms with Crippen LogP contribution < -0.4 is 15.6 Å². The highest BCUT2D eigenvalue weighted by molar-refractivity contribution is 9.10. The fraction of sp³-hybridized carbons (Fsp3) is 0.143. The summed E-state index contributed by atoms with van der Waals surface area (Å²) < 4.78 is 8.18. The van der Waals surface area contributed by atoms with Gasteiger partial charge < -0.3 is 9.30 Å². The van der Waals surface area contributed by atoms with Gasteiger partial charge in [0.25, 0.3) is 11.8 Å². The number of methoxy groups -OCH3 is 1. The predicted molar refractivity (Wildman–Crippen MR) is 88.7 cm³/mol. The van der Waals surface area contributed by atoms with Crippen molar-refractivity contribution in [2.45, 2.75) is 0 Å². The molecule has 22 heavy (non-hydrogen) atoms. The van der Waals surface area contributed by atoms with Crippen molar-refractivity contribution in [1.29, 1.82) is 0 Å². The van der Waals surface area contributed by atoms with Crippen LogP contribution in [0.3, 0.4) is 0 Å². The van der Waals surface area contributed by atoms with Gasteiger partial charge in [0.15, 0.2) is 0 Å². The Hall–Kier alpha value is -1.80. The van der Waals surface area contributed by atoms with Gasteiger partial charge >= 0.3 is 0 Å². The summed E-state index contributed by atoms with van der Waals surface area (Å²) in [6, 6.07) is 6.53. The van der Waals surface area contributed by atoms with Gasteiger partial charge in [-0.05, 0) is 56.1 Å². The maximum absolute atomic E-state index is 12.0. The number of ether oxygens (including phenoxy) is 1. The highest BCUT2D eigenvalue weighted by Crippen LogP contribution is 2.25. The van der Waals surface area contributed by atoms with Crippen molar-refractivity contribution in [1.82, 2.24) is 15.4 Å². The third-order valence-electron chi connectivity index (χ3n) is 2.91. The molecule has 0 fully saturated rings. The van der Waals surface area contributed by atoms with E-state index in [0.29, 0.717) is 21.5 Å². The lowest BCUT2D eigenvalue weighted by Gasteiger charge is -2.09. The highest BCUT2D eigenvalue weighted by atomic mass is 79.9. The smallest absolute Gasteiger partial charge is 0.286 e. The number of nitrogens with zero attached hydrogens (tertiary/aromatic N) is 1. The van der Waals surface area contributed by atoms with E-state index in [9.17, 15) is 9.59 Å². The second-order valence-electron chi connectivity index (χ2n) is 4.41. The molecular weight excluding hydrogens is 418 g/mol. The summed E-state index contributed by atoms with van der Waals surface area (Å²) in [6.07, 6.45) is 1.75. The second-order valence-corrected chi connectivity index (χ2v) is 6.18. The standard InChI is InChI=1S/C14H13Br2N3O3/c1-19-7-9(15)6-11(19)14(21)18-17-13(20)8-3-4-12(22-2)10(16)5-8/h3-7H,1-2H3,(H,17,20)(H,18,21). The zero-order valence-corrected chi connectivity index (χ0v) is 15.0. The largest absolute Gasteiger partial charge is 0.496 e. The molecule has 2 amide bonds. The van der Waals surface area contributed by atoms with Gasteiger partial charge in [-0.1, -0.05) is 0 Å². The van der Waals surface area contributed by atoms with Crippen LogP contribution >= 0.6 is 31.9 Å². The monoisotopic (exact) mass is 429 g/mol. The Balaban J connectivity index is 2.02. The summed E-state index contributed by atoms with van der Waals surface area (Å²) in [6.45, 7) is 0. The normalized spacial score (nSPS) is 10.2. The van der Waals surface area contributed by atoms with Gasteiger partial charge in [-0.3, -0.25) is 20.4 Å².